The predicted octanol–water partition coefficient (Wildman–Crippen LogP) is 1.79. The van der Waals surface area contributed by atoms with Crippen molar-refractivity contribution in [2.75, 3.05) is 17.2 Å². The Labute approximate surface area is 117 Å². The molecule has 0 aliphatic rings. The third-order valence-electron chi connectivity index (χ3n) is 2.09. The van der Waals surface area contributed by atoms with E-state index in [1.54, 1.807) is 30.6 Å². The minimum absolute atomic E-state index is 0.435. The van der Waals surface area contributed by atoms with Gasteiger partial charge >= 0.3 is 0 Å². The van der Waals surface area contributed by atoms with Crippen LogP contribution in [-0.4, -0.2) is 26.1 Å². The summed E-state index contributed by atoms with van der Waals surface area (Å²) >= 11 is 1.29. The van der Waals surface area contributed by atoms with Gasteiger partial charge in [-0.15, -0.1) is 0 Å². The van der Waals surface area contributed by atoms with Gasteiger partial charge in [0, 0.05) is 0 Å². The minimum atomic E-state index is -3.32. The second-order valence-electron chi connectivity index (χ2n) is 3.73. The Morgan fingerprint density at radius 1 is 1.47 bits per heavy atom. The van der Waals surface area contributed by atoms with Crippen LogP contribution in [0.5, 0.6) is 0 Å². The average molecular weight is 298 g/mol. The maximum Gasteiger partial charge on any atom is 0.229 e. The molecule has 1 aromatic rings. The van der Waals surface area contributed by atoms with Gasteiger partial charge in [0.25, 0.3) is 0 Å². The van der Waals surface area contributed by atoms with Crippen molar-refractivity contribution in [2.45, 2.75) is 6.92 Å². The van der Waals surface area contributed by atoms with E-state index in [1.807, 2.05) is 6.92 Å². The monoisotopic (exact) mass is 298 g/mol. The number of hydrogen-bond acceptors (Lipinski definition) is 5. The molecule has 0 bridgehead atoms. The number of aryl methyl sites for hydroxylation is 1. The maximum atomic E-state index is 11.2. The smallest absolute Gasteiger partial charge is 0.229 e. The van der Waals surface area contributed by atoms with Crippen LogP contribution in [0.4, 0.5) is 11.4 Å². The highest BCUT2D eigenvalue weighted by atomic mass is 32.2. The Morgan fingerprint density at radius 3 is 2.68 bits per heavy atom. The minimum Gasteiger partial charge on any atom is -0.284 e. The average Bonchev–Trinajstić information content (AvgIpc) is 2.30. The van der Waals surface area contributed by atoms with Crippen molar-refractivity contribution < 1.29 is 8.42 Å². The number of benzene rings is 1. The summed E-state index contributed by atoms with van der Waals surface area (Å²) in [5.41, 5.74) is 1.91. The lowest BCUT2D eigenvalue weighted by molar-refractivity contribution is 0.607. The van der Waals surface area contributed by atoms with Gasteiger partial charge in [-0.1, -0.05) is 17.8 Å². The molecular formula is C11H14N4O2S2. The van der Waals surface area contributed by atoms with E-state index in [2.05, 4.69) is 15.0 Å². The second kappa shape index (κ2) is 6.45. The Kier molecular flexibility index (Phi) is 5.20. The number of amidine groups is 1. The normalized spacial score (nSPS) is 11.8. The van der Waals surface area contributed by atoms with Crippen molar-refractivity contribution in [1.82, 2.24) is 5.32 Å². The summed E-state index contributed by atoms with van der Waals surface area (Å²) in [7, 11) is -3.32. The van der Waals surface area contributed by atoms with E-state index in [9.17, 15) is 8.42 Å². The van der Waals surface area contributed by atoms with E-state index in [-0.39, 0.29) is 0 Å². The topological polar surface area (TPSA) is 94.3 Å². The van der Waals surface area contributed by atoms with Gasteiger partial charge in [-0.25, -0.2) is 13.4 Å². The van der Waals surface area contributed by atoms with Gasteiger partial charge in [0.15, 0.2) is 11.4 Å². The van der Waals surface area contributed by atoms with Crippen molar-refractivity contribution in [3.05, 3.63) is 23.8 Å². The van der Waals surface area contributed by atoms with Crippen LogP contribution in [0.1, 0.15) is 5.56 Å². The fraction of sp³-hybridized carbons (Fsp3) is 0.273. The highest BCUT2D eigenvalue weighted by molar-refractivity contribution is 8.13. The summed E-state index contributed by atoms with van der Waals surface area (Å²) in [5.74, 6) is 0. The number of sulfonamides is 1. The van der Waals surface area contributed by atoms with Crippen molar-refractivity contribution in [1.29, 1.82) is 5.26 Å². The number of rotatable bonds is 3. The van der Waals surface area contributed by atoms with E-state index >= 15 is 0 Å². The predicted molar refractivity (Wildman–Crippen MR) is 79.0 cm³/mol. The number of anilines is 1. The molecule has 1 rings (SSSR count). The molecule has 0 heterocycles. The first kappa shape index (κ1) is 15.3. The Balaban J connectivity index is 3.14. The Morgan fingerprint density at radius 2 is 2.16 bits per heavy atom. The lowest BCUT2D eigenvalue weighted by atomic mass is 10.2. The van der Waals surface area contributed by atoms with Crippen LogP contribution in [0.2, 0.25) is 0 Å². The number of nitrogens with zero attached hydrogens (tertiary/aromatic N) is 2. The number of nitriles is 1. The number of nitrogens with one attached hydrogen (secondary N) is 2. The molecule has 0 aliphatic carbocycles. The van der Waals surface area contributed by atoms with E-state index in [1.165, 1.54) is 11.8 Å². The molecule has 0 spiro atoms. The van der Waals surface area contributed by atoms with Crippen LogP contribution < -0.4 is 10.0 Å². The van der Waals surface area contributed by atoms with Crippen LogP contribution in [0, 0.1) is 18.4 Å². The number of hydrogen-bond donors (Lipinski definition) is 2. The lowest BCUT2D eigenvalue weighted by Crippen LogP contribution is -2.12. The molecule has 0 atom stereocenters. The molecule has 19 heavy (non-hydrogen) atoms. The zero-order valence-electron chi connectivity index (χ0n) is 10.8. The van der Waals surface area contributed by atoms with Crippen LogP contribution in [0.3, 0.4) is 0 Å². The first-order chi connectivity index (χ1) is 8.85. The van der Waals surface area contributed by atoms with E-state index in [4.69, 9.17) is 5.26 Å². The summed E-state index contributed by atoms with van der Waals surface area (Å²) in [4.78, 5) is 4.27. The first-order valence-electron chi connectivity index (χ1n) is 5.22. The fourth-order valence-corrected chi connectivity index (χ4v) is 2.18. The summed E-state index contributed by atoms with van der Waals surface area (Å²) in [6.07, 6.45) is 4.67. The highest BCUT2D eigenvalue weighted by Crippen LogP contribution is 2.24. The maximum absolute atomic E-state index is 11.2. The van der Waals surface area contributed by atoms with Crippen LogP contribution in [-0.2, 0) is 10.0 Å². The molecule has 0 saturated heterocycles. The molecule has 0 radical (unpaired) electrons. The van der Waals surface area contributed by atoms with Crippen molar-refractivity contribution in [2.24, 2.45) is 4.99 Å². The van der Waals surface area contributed by atoms with Crippen LogP contribution >= 0.6 is 11.8 Å². The molecule has 102 valence electrons. The fourth-order valence-electron chi connectivity index (χ4n) is 1.29. The largest absolute Gasteiger partial charge is 0.284 e. The summed E-state index contributed by atoms with van der Waals surface area (Å²) in [6.45, 7) is 1.85. The molecule has 1 aromatic carbocycles. The third-order valence-corrected chi connectivity index (χ3v) is 3.28. The van der Waals surface area contributed by atoms with Crippen LogP contribution in [0.15, 0.2) is 23.2 Å². The molecule has 0 unspecified atom stereocenters. The molecule has 2 N–H and O–H groups in total. The Hall–Kier alpha value is -1.72. The summed E-state index contributed by atoms with van der Waals surface area (Å²) in [5, 5.41) is 11.5. The molecule has 8 heteroatoms. The van der Waals surface area contributed by atoms with E-state index < -0.39 is 10.0 Å². The molecule has 0 saturated carbocycles. The molecule has 6 nitrogen and oxygen atoms in total. The van der Waals surface area contributed by atoms with Gasteiger partial charge < -0.3 is 0 Å². The summed E-state index contributed by atoms with van der Waals surface area (Å²) < 4.78 is 24.7. The lowest BCUT2D eigenvalue weighted by Gasteiger charge is -2.07. The zero-order valence-corrected chi connectivity index (χ0v) is 12.4. The number of aliphatic imine (C=N–C) groups is 1. The van der Waals surface area contributed by atoms with Gasteiger partial charge in [-0.3, -0.25) is 10.0 Å². The SMILES string of the molecule is CSC(=Nc1cc(NS(C)(=O)=O)ccc1C)NC#N. The molecule has 0 amide bonds. The first-order valence-corrected chi connectivity index (χ1v) is 8.33. The van der Waals surface area contributed by atoms with Crippen molar-refractivity contribution in [3.8, 4) is 6.19 Å². The molecular weight excluding hydrogens is 284 g/mol. The van der Waals surface area contributed by atoms with Gasteiger partial charge in [-0.2, -0.15) is 5.26 Å². The standard InChI is InChI=1S/C11H14N4O2S2/c1-8-4-5-9(15-19(3,16)17)6-10(8)14-11(18-2)13-7-12/h4-6,15H,1-3H3,(H,13,14). The highest BCUT2D eigenvalue weighted by Gasteiger charge is 2.05. The third kappa shape index (κ3) is 5.19. The van der Waals surface area contributed by atoms with E-state index in [0.29, 0.717) is 16.5 Å². The summed E-state index contributed by atoms with van der Waals surface area (Å²) in [6, 6.07) is 5.04. The molecule has 0 fully saturated rings. The van der Waals surface area contributed by atoms with Crippen LogP contribution in [0.25, 0.3) is 0 Å². The van der Waals surface area contributed by atoms with Crippen molar-refractivity contribution >= 4 is 38.3 Å². The van der Waals surface area contributed by atoms with Gasteiger partial charge in [0.1, 0.15) is 0 Å². The van der Waals surface area contributed by atoms with Gasteiger partial charge in [0.05, 0.1) is 17.6 Å². The van der Waals surface area contributed by atoms with Gasteiger partial charge in [-0.05, 0) is 30.9 Å². The zero-order chi connectivity index (χ0) is 14.5. The number of thioether (sulfide) groups is 1. The van der Waals surface area contributed by atoms with Crippen molar-refractivity contribution in [3.63, 3.8) is 0 Å². The van der Waals surface area contributed by atoms with E-state index in [0.717, 1.165) is 11.8 Å². The second-order valence-corrected chi connectivity index (χ2v) is 6.28. The molecule has 0 aromatic heterocycles. The van der Waals surface area contributed by atoms with Gasteiger partial charge in [0.2, 0.25) is 10.0 Å². The molecule has 0 aliphatic heterocycles. The quantitative estimate of drug-likeness (QED) is 0.384. The Bertz CT molecular complexity index is 633.